The van der Waals surface area contributed by atoms with Crippen molar-refractivity contribution in [2.45, 2.75) is 18.4 Å². The fraction of sp³-hybridized carbons (Fsp3) is 0.364. The molecule has 0 spiro atoms. The number of hydrogen-bond donors (Lipinski definition) is 2. The van der Waals surface area contributed by atoms with Gasteiger partial charge in [-0.1, -0.05) is 0 Å². The third kappa shape index (κ3) is 1.51. The van der Waals surface area contributed by atoms with Gasteiger partial charge in [0.1, 0.15) is 17.6 Å². The Morgan fingerprint density at radius 2 is 2.20 bits per heavy atom. The highest BCUT2D eigenvalue weighted by molar-refractivity contribution is 5.54. The lowest BCUT2D eigenvalue weighted by Gasteiger charge is -2.13. The maximum Gasteiger partial charge on any atom is 0.140 e. The lowest BCUT2D eigenvalue weighted by atomic mass is 10.0. The average molecular weight is 204 g/mol. The summed E-state index contributed by atoms with van der Waals surface area (Å²) >= 11 is 0. The van der Waals surface area contributed by atoms with Gasteiger partial charge in [-0.25, -0.2) is 0 Å². The van der Waals surface area contributed by atoms with E-state index in [1.54, 1.807) is 6.07 Å². The van der Waals surface area contributed by atoms with Crippen LogP contribution in [0.25, 0.3) is 0 Å². The van der Waals surface area contributed by atoms with Gasteiger partial charge in [-0.05, 0) is 18.9 Å². The standard InChI is InChI=1S/C11H12N2O2/c1-15-10-5-9(14)8(4-7(10)6-12)11(13)2-3-11/h4-5,14H,2-3,13H2,1H3. The van der Waals surface area contributed by atoms with Crippen LogP contribution in [0.4, 0.5) is 0 Å². The molecule has 0 bridgehead atoms. The van der Waals surface area contributed by atoms with Crippen LogP contribution in [-0.4, -0.2) is 12.2 Å². The molecule has 0 radical (unpaired) electrons. The van der Waals surface area contributed by atoms with Crippen molar-refractivity contribution in [3.8, 4) is 17.6 Å². The molecule has 1 saturated carbocycles. The molecule has 1 aromatic rings. The van der Waals surface area contributed by atoms with Gasteiger partial charge in [-0.15, -0.1) is 0 Å². The molecule has 0 aromatic heterocycles. The third-order valence-corrected chi connectivity index (χ3v) is 2.76. The van der Waals surface area contributed by atoms with E-state index in [0.717, 1.165) is 12.8 Å². The highest BCUT2D eigenvalue weighted by atomic mass is 16.5. The van der Waals surface area contributed by atoms with Crippen molar-refractivity contribution in [3.63, 3.8) is 0 Å². The van der Waals surface area contributed by atoms with Crippen molar-refractivity contribution >= 4 is 0 Å². The molecule has 0 saturated heterocycles. The molecular formula is C11H12N2O2. The second-order valence-corrected chi connectivity index (χ2v) is 3.84. The summed E-state index contributed by atoms with van der Waals surface area (Å²) in [5.74, 6) is 0.480. The van der Waals surface area contributed by atoms with Gasteiger partial charge in [0, 0.05) is 17.2 Å². The van der Waals surface area contributed by atoms with Gasteiger partial charge >= 0.3 is 0 Å². The number of hydrogen-bond acceptors (Lipinski definition) is 4. The highest BCUT2D eigenvalue weighted by Crippen LogP contribution is 2.47. The van der Waals surface area contributed by atoms with Crippen LogP contribution in [0.3, 0.4) is 0 Å². The number of aromatic hydroxyl groups is 1. The quantitative estimate of drug-likeness (QED) is 0.759. The van der Waals surface area contributed by atoms with Crippen molar-refractivity contribution < 1.29 is 9.84 Å². The molecule has 4 nitrogen and oxygen atoms in total. The molecule has 0 aliphatic heterocycles. The first-order chi connectivity index (χ1) is 7.10. The van der Waals surface area contributed by atoms with E-state index in [1.807, 2.05) is 6.07 Å². The number of ether oxygens (including phenoxy) is 1. The summed E-state index contributed by atoms with van der Waals surface area (Å²) < 4.78 is 4.98. The lowest BCUT2D eigenvalue weighted by Crippen LogP contribution is -2.19. The van der Waals surface area contributed by atoms with E-state index in [9.17, 15) is 5.11 Å². The monoisotopic (exact) mass is 204 g/mol. The molecule has 1 aliphatic rings. The van der Waals surface area contributed by atoms with Gasteiger partial charge in [-0.3, -0.25) is 0 Å². The number of methoxy groups -OCH3 is 1. The smallest absolute Gasteiger partial charge is 0.140 e. The number of nitriles is 1. The van der Waals surface area contributed by atoms with Crippen LogP contribution >= 0.6 is 0 Å². The normalized spacial score (nSPS) is 16.9. The second kappa shape index (κ2) is 3.14. The van der Waals surface area contributed by atoms with Gasteiger partial charge in [0.05, 0.1) is 12.7 Å². The molecule has 0 amide bonds. The number of rotatable bonds is 2. The molecule has 0 heterocycles. The summed E-state index contributed by atoms with van der Waals surface area (Å²) in [6, 6.07) is 5.08. The molecule has 1 fully saturated rings. The summed E-state index contributed by atoms with van der Waals surface area (Å²) in [5, 5.41) is 18.6. The molecule has 1 aliphatic carbocycles. The SMILES string of the molecule is COc1cc(O)c(C2(N)CC2)cc1C#N. The van der Waals surface area contributed by atoms with Crippen molar-refractivity contribution in [1.29, 1.82) is 5.26 Å². The third-order valence-electron chi connectivity index (χ3n) is 2.76. The van der Waals surface area contributed by atoms with Crippen molar-refractivity contribution in [2.75, 3.05) is 7.11 Å². The number of phenolic OH excluding ortho intramolecular Hbond substituents is 1. The first-order valence-electron chi connectivity index (χ1n) is 4.71. The molecule has 4 heteroatoms. The summed E-state index contributed by atoms with van der Waals surface area (Å²) in [4.78, 5) is 0. The van der Waals surface area contributed by atoms with Gasteiger partial charge < -0.3 is 15.6 Å². The van der Waals surface area contributed by atoms with Crippen LogP contribution in [0.15, 0.2) is 12.1 Å². The average Bonchev–Trinajstić information content (AvgIpc) is 2.96. The number of nitrogens with two attached hydrogens (primary N) is 1. The predicted molar refractivity (Wildman–Crippen MR) is 54.5 cm³/mol. The minimum atomic E-state index is -0.443. The van der Waals surface area contributed by atoms with Gasteiger partial charge in [0.25, 0.3) is 0 Å². The molecule has 0 atom stereocenters. The van der Waals surface area contributed by atoms with Crippen molar-refractivity contribution in [3.05, 3.63) is 23.3 Å². The van der Waals surface area contributed by atoms with Crippen LogP contribution in [-0.2, 0) is 5.54 Å². The fourth-order valence-electron chi connectivity index (χ4n) is 1.63. The Morgan fingerprint density at radius 1 is 1.53 bits per heavy atom. The minimum Gasteiger partial charge on any atom is -0.507 e. The van der Waals surface area contributed by atoms with Crippen LogP contribution < -0.4 is 10.5 Å². The summed E-state index contributed by atoms with van der Waals surface area (Å²) in [7, 11) is 1.46. The zero-order chi connectivity index (χ0) is 11.1. The molecular weight excluding hydrogens is 192 g/mol. The van der Waals surface area contributed by atoms with E-state index in [4.69, 9.17) is 15.7 Å². The maximum atomic E-state index is 9.75. The Bertz CT molecular complexity index is 445. The topological polar surface area (TPSA) is 79.3 Å². The predicted octanol–water partition coefficient (Wildman–Crippen LogP) is 1.22. The van der Waals surface area contributed by atoms with Gasteiger partial charge in [0.15, 0.2) is 0 Å². The summed E-state index contributed by atoms with van der Waals surface area (Å²) in [6.45, 7) is 0. The molecule has 15 heavy (non-hydrogen) atoms. The van der Waals surface area contributed by atoms with Crippen LogP contribution in [0.5, 0.6) is 11.5 Å². The van der Waals surface area contributed by atoms with E-state index in [-0.39, 0.29) is 5.75 Å². The van der Waals surface area contributed by atoms with E-state index in [0.29, 0.717) is 16.9 Å². The van der Waals surface area contributed by atoms with Crippen molar-refractivity contribution in [1.82, 2.24) is 0 Å². The fourth-order valence-corrected chi connectivity index (χ4v) is 1.63. The number of nitrogens with zero attached hydrogens (tertiary/aromatic N) is 1. The number of benzene rings is 1. The molecule has 0 unspecified atom stereocenters. The molecule has 3 N–H and O–H groups in total. The first-order valence-corrected chi connectivity index (χ1v) is 4.71. The van der Waals surface area contributed by atoms with Gasteiger partial charge in [0.2, 0.25) is 0 Å². The first kappa shape index (κ1) is 9.81. The zero-order valence-corrected chi connectivity index (χ0v) is 8.45. The summed E-state index contributed by atoms with van der Waals surface area (Å²) in [5.41, 5.74) is 6.57. The van der Waals surface area contributed by atoms with Crippen LogP contribution in [0, 0.1) is 11.3 Å². The minimum absolute atomic E-state index is 0.103. The van der Waals surface area contributed by atoms with Gasteiger partial charge in [-0.2, -0.15) is 5.26 Å². The van der Waals surface area contributed by atoms with E-state index in [2.05, 4.69) is 0 Å². The van der Waals surface area contributed by atoms with Crippen LogP contribution in [0.2, 0.25) is 0 Å². The Balaban J connectivity index is 2.54. The molecule has 78 valence electrons. The maximum absolute atomic E-state index is 9.75. The second-order valence-electron chi connectivity index (χ2n) is 3.84. The number of phenols is 1. The van der Waals surface area contributed by atoms with E-state index in [1.165, 1.54) is 13.2 Å². The Morgan fingerprint density at radius 3 is 2.67 bits per heavy atom. The lowest BCUT2D eigenvalue weighted by molar-refractivity contribution is 0.403. The molecule has 2 rings (SSSR count). The molecule has 1 aromatic carbocycles. The Kier molecular flexibility index (Phi) is 2.06. The van der Waals surface area contributed by atoms with E-state index < -0.39 is 5.54 Å². The van der Waals surface area contributed by atoms with E-state index >= 15 is 0 Å². The zero-order valence-electron chi connectivity index (χ0n) is 8.45. The van der Waals surface area contributed by atoms with Crippen molar-refractivity contribution in [2.24, 2.45) is 5.73 Å². The van der Waals surface area contributed by atoms with Crippen LogP contribution in [0.1, 0.15) is 24.0 Å². The Hall–Kier alpha value is -1.73. The summed E-state index contributed by atoms with van der Waals surface area (Å²) in [6.07, 6.45) is 1.69. The largest absolute Gasteiger partial charge is 0.507 e. The highest BCUT2D eigenvalue weighted by Gasteiger charge is 2.42. The Labute approximate surface area is 87.9 Å².